The van der Waals surface area contributed by atoms with Gasteiger partial charge in [0, 0.05) is 37.1 Å². The van der Waals surface area contributed by atoms with Crippen LogP contribution in [0.5, 0.6) is 5.75 Å². The zero-order valence-electron chi connectivity index (χ0n) is 10.7. The molecule has 0 saturated carbocycles. The first-order valence-corrected chi connectivity index (χ1v) is 5.93. The van der Waals surface area contributed by atoms with Crippen LogP contribution in [0.1, 0.15) is 0 Å². The minimum Gasteiger partial charge on any atom is -0.489 e. The highest BCUT2D eigenvalue weighted by atomic mass is 19.1. The third-order valence-corrected chi connectivity index (χ3v) is 2.77. The van der Waals surface area contributed by atoms with E-state index in [9.17, 15) is 4.39 Å². The highest BCUT2D eigenvalue weighted by molar-refractivity contribution is 5.56. The Bertz CT molecular complexity index is 560. The number of halogens is 1. The highest BCUT2D eigenvalue weighted by Crippen LogP contribution is 2.20. The van der Waals surface area contributed by atoms with Crippen molar-refractivity contribution in [1.82, 2.24) is 9.55 Å². The summed E-state index contributed by atoms with van der Waals surface area (Å²) in [6.45, 7) is 0.316. The Kier molecular flexibility index (Phi) is 4.30. The fourth-order valence-electron chi connectivity index (χ4n) is 1.66. The quantitative estimate of drug-likeness (QED) is 0.898. The number of rotatable bonds is 5. The van der Waals surface area contributed by atoms with Crippen molar-refractivity contribution in [3.05, 3.63) is 48.6 Å². The van der Waals surface area contributed by atoms with Crippen LogP contribution in [0, 0.1) is 0 Å². The predicted molar refractivity (Wildman–Crippen MR) is 72.4 cm³/mol. The maximum Gasteiger partial charge on any atom is 0.139 e. The molecule has 5 heteroatoms. The summed E-state index contributed by atoms with van der Waals surface area (Å²) in [5, 5.41) is 0. The molecule has 1 heterocycles. The summed E-state index contributed by atoms with van der Waals surface area (Å²) in [5.41, 5.74) is 6.78. The van der Waals surface area contributed by atoms with E-state index in [1.807, 2.05) is 42.1 Å². The molecule has 0 aliphatic heterocycles. The smallest absolute Gasteiger partial charge is 0.139 e. The lowest BCUT2D eigenvalue weighted by atomic mass is 10.2. The molecule has 2 N–H and O–H groups in total. The fourth-order valence-corrected chi connectivity index (χ4v) is 1.66. The highest BCUT2D eigenvalue weighted by Gasteiger charge is 2.03. The van der Waals surface area contributed by atoms with Crippen molar-refractivity contribution >= 4 is 0 Å². The first-order valence-electron chi connectivity index (χ1n) is 5.93. The van der Waals surface area contributed by atoms with E-state index in [1.165, 1.54) is 0 Å². The molecule has 0 bridgehead atoms. The summed E-state index contributed by atoms with van der Waals surface area (Å²) in [7, 11) is 1.94. The maximum atomic E-state index is 12.3. The average molecular weight is 261 g/mol. The van der Waals surface area contributed by atoms with Crippen molar-refractivity contribution in [3.63, 3.8) is 0 Å². The van der Waals surface area contributed by atoms with Gasteiger partial charge in [-0.15, -0.1) is 0 Å². The molecule has 0 aliphatic rings. The number of hydrogen-bond acceptors (Lipinski definition) is 3. The third kappa shape index (κ3) is 3.20. The van der Waals surface area contributed by atoms with Crippen molar-refractivity contribution in [1.29, 1.82) is 0 Å². The van der Waals surface area contributed by atoms with Crippen LogP contribution in [0.2, 0.25) is 0 Å². The van der Waals surface area contributed by atoms with Gasteiger partial charge in [0.05, 0.1) is 6.33 Å². The Labute approximate surface area is 111 Å². The molecule has 0 saturated heterocycles. The van der Waals surface area contributed by atoms with Crippen molar-refractivity contribution in [2.24, 2.45) is 12.8 Å². The van der Waals surface area contributed by atoms with Crippen LogP contribution in [0.4, 0.5) is 4.39 Å². The van der Waals surface area contributed by atoms with Crippen molar-refractivity contribution < 1.29 is 9.13 Å². The van der Waals surface area contributed by atoms with E-state index in [0.29, 0.717) is 17.7 Å². The van der Waals surface area contributed by atoms with Crippen LogP contribution in [-0.2, 0) is 7.05 Å². The fraction of sp³-hybridized carbons (Fsp3) is 0.214. The van der Waals surface area contributed by atoms with Crippen LogP contribution in [0.25, 0.3) is 11.4 Å². The Morgan fingerprint density at radius 2 is 2.16 bits per heavy atom. The minimum absolute atomic E-state index is 0.155. The van der Waals surface area contributed by atoms with Gasteiger partial charge in [0.2, 0.25) is 0 Å². The van der Waals surface area contributed by atoms with Crippen LogP contribution in [0.3, 0.4) is 0 Å². The number of benzene rings is 1. The average Bonchev–Trinajstić information content (AvgIpc) is 2.87. The molecule has 0 spiro atoms. The monoisotopic (exact) mass is 261 g/mol. The molecule has 1 aromatic heterocycles. The molecule has 4 nitrogen and oxygen atoms in total. The summed E-state index contributed by atoms with van der Waals surface area (Å²) in [5.74, 6) is 1.56. The SMILES string of the molecule is Cn1ccnc1-c1ccc(OC/C(=C\F)CN)cc1. The van der Waals surface area contributed by atoms with Gasteiger partial charge in [0.15, 0.2) is 0 Å². The standard InChI is InChI=1S/C14H16FN3O/c1-18-7-6-17-14(18)12-2-4-13(5-3-12)19-10-11(8-15)9-16/h2-8H,9-10,16H2,1H3/b11-8-. The van der Waals surface area contributed by atoms with Crippen LogP contribution in [-0.4, -0.2) is 22.7 Å². The van der Waals surface area contributed by atoms with E-state index < -0.39 is 0 Å². The van der Waals surface area contributed by atoms with Gasteiger partial charge in [-0.1, -0.05) is 0 Å². The molecule has 0 fully saturated rings. The second-order valence-corrected chi connectivity index (χ2v) is 4.15. The van der Waals surface area contributed by atoms with E-state index in [2.05, 4.69) is 4.98 Å². The molecule has 19 heavy (non-hydrogen) atoms. The first-order chi connectivity index (χ1) is 9.24. The molecule has 0 radical (unpaired) electrons. The summed E-state index contributed by atoms with van der Waals surface area (Å²) in [6, 6.07) is 7.49. The molecule has 2 aromatic rings. The topological polar surface area (TPSA) is 53.1 Å². The van der Waals surface area contributed by atoms with Gasteiger partial charge in [-0.2, -0.15) is 0 Å². The maximum absolute atomic E-state index is 12.3. The van der Waals surface area contributed by atoms with Gasteiger partial charge in [0.1, 0.15) is 18.2 Å². The van der Waals surface area contributed by atoms with E-state index in [-0.39, 0.29) is 13.2 Å². The molecule has 0 aliphatic carbocycles. The summed E-state index contributed by atoms with van der Waals surface area (Å²) in [4.78, 5) is 4.26. The van der Waals surface area contributed by atoms with Gasteiger partial charge in [-0.05, 0) is 24.3 Å². The number of nitrogens with zero attached hydrogens (tertiary/aromatic N) is 2. The van der Waals surface area contributed by atoms with Crippen molar-refractivity contribution in [3.8, 4) is 17.1 Å². The largest absolute Gasteiger partial charge is 0.489 e. The zero-order chi connectivity index (χ0) is 13.7. The van der Waals surface area contributed by atoms with Gasteiger partial charge < -0.3 is 15.0 Å². The summed E-state index contributed by atoms with van der Waals surface area (Å²) in [6.07, 6.45) is 4.13. The minimum atomic E-state index is 0.155. The lowest BCUT2D eigenvalue weighted by molar-refractivity contribution is 0.347. The van der Waals surface area contributed by atoms with Crippen molar-refractivity contribution in [2.75, 3.05) is 13.2 Å². The van der Waals surface area contributed by atoms with E-state index in [0.717, 1.165) is 11.4 Å². The predicted octanol–water partition coefficient (Wildman–Crippen LogP) is 2.28. The molecule has 2 rings (SSSR count). The molecule has 0 unspecified atom stereocenters. The van der Waals surface area contributed by atoms with Crippen LogP contribution < -0.4 is 10.5 Å². The number of nitrogens with two attached hydrogens (primary N) is 1. The van der Waals surface area contributed by atoms with Crippen LogP contribution in [0.15, 0.2) is 48.6 Å². The van der Waals surface area contributed by atoms with Crippen molar-refractivity contribution in [2.45, 2.75) is 0 Å². The Morgan fingerprint density at radius 3 is 2.68 bits per heavy atom. The van der Waals surface area contributed by atoms with Gasteiger partial charge >= 0.3 is 0 Å². The van der Waals surface area contributed by atoms with Gasteiger partial charge in [0.25, 0.3) is 0 Å². The molecular formula is C14H16FN3O. The van der Waals surface area contributed by atoms with Gasteiger partial charge in [-0.3, -0.25) is 0 Å². The molecule has 0 amide bonds. The van der Waals surface area contributed by atoms with E-state index in [1.54, 1.807) is 6.20 Å². The molecule has 1 aromatic carbocycles. The normalized spacial score (nSPS) is 11.6. The van der Waals surface area contributed by atoms with E-state index >= 15 is 0 Å². The molecule has 0 atom stereocenters. The summed E-state index contributed by atoms with van der Waals surface area (Å²) < 4.78 is 19.7. The second kappa shape index (κ2) is 6.15. The Hall–Kier alpha value is -2.14. The lowest BCUT2D eigenvalue weighted by Gasteiger charge is -2.08. The van der Waals surface area contributed by atoms with Gasteiger partial charge in [-0.25, -0.2) is 9.37 Å². The number of aryl methyl sites for hydroxylation is 1. The number of aromatic nitrogens is 2. The lowest BCUT2D eigenvalue weighted by Crippen LogP contribution is -2.10. The number of ether oxygens (including phenoxy) is 1. The number of hydrogen-bond donors (Lipinski definition) is 1. The van der Waals surface area contributed by atoms with Crippen LogP contribution >= 0.6 is 0 Å². The second-order valence-electron chi connectivity index (χ2n) is 4.15. The molecular weight excluding hydrogens is 245 g/mol. The third-order valence-electron chi connectivity index (χ3n) is 2.77. The molecule has 100 valence electrons. The zero-order valence-corrected chi connectivity index (χ0v) is 10.7. The van der Waals surface area contributed by atoms with E-state index in [4.69, 9.17) is 10.5 Å². The first kappa shape index (κ1) is 13.3. The summed E-state index contributed by atoms with van der Waals surface area (Å²) >= 11 is 0. The number of imidazole rings is 1. The Balaban J connectivity index is 2.05. The Morgan fingerprint density at radius 1 is 1.42 bits per heavy atom.